The third kappa shape index (κ3) is 8.63. The van der Waals surface area contributed by atoms with Crippen LogP contribution in [0.4, 0.5) is 4.79 Å². The highest BCUT2D eigenvalue weighted by Crippen LogP contribution is 2.32. The minimum Gasteiger partial charge on any atom is -0.431 e. The quantitative estimate of drug-likeness (QED) is 0.0654. The maximum absolute atomic E-state index is 13.8. The lowest BCUT2D eigenvalue weighted by Crippen LogP contribution is -2.27. The monoisotopic (exact) mass is 628 g/mol. The Labute approximate surface area is 266 Å². The second-order valence-corrected chi connectivity index (χ2v) is 11.0. The summed E-state index contributed by atoms with van der Waals surface area (Å²) in [7, 11) is 0. The maximum Gasteiger partial charge on any atom is 0.511 e. The predicted octanol–water partition coefficient (Wildman–Crippen LogP) is 4.41. The molecule has 4 rings (SSSR count). The Balaban J connectivity index is 1.75. The van der Waals surface area contributed by atoms with Crippen LogP contribution in [0.3, 0.4) is 0 Å². The molecule has 1 aromatic heterocycles. The zero-order valence-electron chi connectivity index (χ0n) is 25.6. The topological polar surface area (TPSA) is 191 Å². The molecule has 5 N–H and O–H groups in total. The number of hydrogen-bond donors (Lipinski definition) is 4. The van der Waals surface area contributed by atoms with Gasteiger partial charge in [-0.25, -0.2) is 14.6 Å². The molecule has 0 spiro atoms. The molecule has 240 valence electrons. The average Bonchev–Trinajstić information content (AvgIpc) is 3.87. The number of rotatable bonds is 14. The third-order valence-electron chi connectivity index (χ3n) is 7.16. The van der Waals surface area contributed by atoms with E-state index in [4.69, 9.17) is 25.4 Å². The molecule has 0 unspecified atom stereocenters. The van der Waals surface area contributed by atoms with Crippen LogP contribution in [0.5, 0.6) is 0 Å². The molecule has 12 nitrogen and oxygen atoms in total. The molecule has 0 bridgehead atoms. The van der Waals surface area contributed by atoms with E-state index in [1.165, 1.54) is 18.2 Å². The summed E-state index contributed by atoms with van der Waals surface area (Å²) >= 11 is 0. The van der Waals surface area contributed by atoms with Crippen LogP contribution in [-0.4, -0.2) is 59.2 Å². The number of nitrogen functional groups attached to an aromatic ring is 1. The molecule has 1 aliphatic carbocycles. The van der Waals surface area contributed by atoms with Crippen LogP contribution in [0, 0.1) is 11.3 Å². The van der Waals surface area contributed by atoms with Crippen molar-refractivity contribution in [3.8, 4) is 11.1 Å². The van der Waals surface area contributed by atoms with Crippen molar-refractivity contribution < 1.29 is 38.5 Å². The van der Waals surface area contributed by atoms with Gasteiger partial charge >= 0.3 is 12.1 Å². The summed E-state index contributed by atoms with van der Waals surface area (Å²) in [6.07, 6.45) is 2.01. The Morgan fingerprint density at radius 2 is 1.80 bits per heavy atom. The number of benzene rings is 2. The van der Waals surface area contributed by atoms with Crippen LogP contribution in [0.25, 0.3) is 17.2 Å². The first-order chi connectivity index (χ1) is 22.0. The summed E-state index contributed by atoms with van der Waals surface area (Å²) in [5.41, 5.74) is 7.88. The van der Waals surface area contributed by atoms with E-state index in [0.29, 0.717) is 34.7 Å². The van der Waals surface area contributed by atoms with Crippen molar-refractivity contribution in [2.45, 2.75) is 45.8 Å². The van der Waals surface area contributed by atoms with Crippen LogP contribution >= 0.6 is 0 Å². The zero-order chi connectivity index (χ0) is 33.4. The van der Waals surface area contributed by atoms with Crippen molar-refractivity contribution in [1.82, 2.24) is 10.3 Å². The second-order valence-electron chi connectivity index (χ2n) is 11.0. The van der Waals surface area contributed by atoms with Gasteiger partial charge in [-0.15, -0.1) is 0 Å². The Bertz CT molecular complexity index is 1660. The fourth-order valence-corrected chi connectivity index (χ4v) is 4.56. The van der Waals surface area contributed by atoms with Gasteiger partial charge in [0.1, 0.15) is 11.5 Å². The molecule has 12 heteroatoms. The lowest BCUT2D eigenvalue weighted by molar-refractivity contribution is -0.0347. The van der Waals surface area contributed by atoms with E-state index in [1.807, 2.05) is 0 Å². The van der Waals surface area contributed by atoms with Crippen molar-refractivity contribution >= 4 is 35.7 Å². The van der Waals surface area contributed by atoms with Gasteiger partial charge in [-0.05, 0) is 79.1 Å². The number of pyridine rings is 1. The lowest BCUT2D eigenvalue weighted by atomic mass is 9.89. The number of amidine groups is 1. The fraction of sp³-hybridized carbons (Fsp3) is 0.294. The van der Waals surface area contributed by atoms with Crippen molar-refractivity contribution in [3.05, 3.63) is 94.3 Å². The van der Waals surface area contributed by atoms with Crippen molar-refractivity contribution in [1.29, 1.82) is 5.41 Å². The van der Waals surface area contributed by atoms with E-state index in [9.17, 15) is 24.3 Å². The summed E-state index contributed by atoms with van der Waals surface area (Å²) in [5, 5.41) is 20.5. The van der Waals surface area contributed by atoms with Gasteiger partial charge in [-0.3, -0.25) is 15.0 Å². The number of esters is 1. The SMILES string of the molecule is C=Cc1cc(C(=O)Cc2ccc(C(=N)N)cc2)c(-c2ccc(C(=O)NCC3CC3)nc2C(=O)OCOC(=O)OC(C)C)cc1CO. The lowest BCUT2D eigenvalue weighted by Gasteiger charge is -2.17. The number of aliphatic hydroxyl groups excluding tert-OH is 1. The van der Waals surface area contributed by atoms with Gasteiger partial charge < -0.3 is 30.4 Å². The van der Waals surface area contributed by atoms with Gasteiger partial charge in [0.05, 0.1) is 12.7 Å². The van der Waals surface area contributed by atoms with E-state index in [1.54, 1.807) is 50.2 Å². The molecule has 46 heavy (non-hydrogen) atoms. The number of nitrogens with one attached hydrogen (secondary N) is 2. The summed E-state index contributed by atoms with van der Waals surface area (Å²) < 4.78 is 14.9. The van der Waals surface area contributed by atoms with Gasteiger partial charge in [0.25, 0.3) is 5.91 Å². The van der Waals surface area contributed by atoms with Crippen molar-refractivity contribution in [3.63, 3.8) is 0 Å². The zero-order valence-corrected chi connectivity index (χ0v) is 25.6. The van der Waals surface area contributed by atoms with Gasteiger partial charge in [0, 0.05) is 29.7 Å². The highest BCUT2D eigenvalue weighted by Gasteiger charge is 2.26. The van der Waals surface area contributed by atoms with Gasteiger partial charge in [0.2, 0.25) is 6.79 Å². The largest absolute Gasteiger partial charge is 0.511 e. The summed E-state index contributed by atoms with van der Waals surface area (Å²) in [6, 6.07) is 12.7. The van der Waals surface area contributed by atoms with E-state index in [2.05, 4.69) is 16.9 Å². The summed E-state index contributed by atoms with van der Waals surface area (Å²) in [4.78, 5) is 56.2. The number of amides is 1. The molecule has 1 heterocycles. The molecule has 2 aromatic carbocycles. The molecule has 1 saturated carbocycles. The number of carbonyl (C=O) groups excluding carboxylic acids is 4. The molecule has 0 saturated heterocycles. The molecule has 0 atom stereocenters. The highest BCUT2D eigenvalue weighted by atomic mass is 16.8. The number of nitrogens with two attached hydrogens (primary N) is 1. The minimum atomic E-state index is -1.04. The minimum absolute atomic E-state index is 0.0408. The number of nitrogens with zero attached hydrogens (tertiary/aromatic N) is 1. The highest BCUT2D eigenvalue weighted by molar-refractivity contribution is 6.07. The number of ketones is 1. The third-order valence-corrected chi connectivity index (χ3v) is 7.16. The van der Waals surface area contributed by atoms with Crippen LogP contribution in [0.2, 0.25) is 0 Å². The first-order valence-electron chi connectivity index (χ1n) is 14.7. The Morgan fingerprint density at radius 3 is 2.41 bits per heavy atom. The number of aromatic nitrogens is 1. The molecular formula is C34H36N4O8. The number of Topliss-reactive ketones (excluding diaryl/α,β-unsaturated/α-hetero) is 1. The van der Waals surface area contributed by atoms with Crippen molar-refractivity contribution in [2.75, 3.05) is 13.3 Å². The fourth-order valence-electron chi connectivity index (χ4n) is 4.56. The molecule has 1 amide bonds. The second kappa shape index (κ2) is 15.1. The molecule has 3 aromatic rings. The molecule has 1 fully saturated rings. The molecule has 1 aliphatic rings. The predicted molar refractivity (Wildman–Crippen MR) is 169 cm³/mol. The summed E-state index contributed by atoms with van der Waals surface area (Å²) in [5.74, 6) is -1.55. The van der Waals surface area contributed by atoms with E-state index in [-0.39, 0.29) is 46.1 Å². The average molecular weight is 629 g/mol. The van der Waals surface area contributed by atoms with Crippen LogP contribution < -0.4 is 11.1 Å². The van der Waals surface area contributed by atoms with Gasteiger partial charge in [-0.1, -0.05) is 36.9 Å². The molecular weight excluding hydrogens is 592 g/mol. The molecule has 0 radical (unpaired) electrons. The number of aliphatic hydroxyl groups is 1. The van der Waals surface area contributed by atoms with Crippen molar-refractivity contribution in [2.24, 2.45) is 11.7 Å². The first kappa shape index (κ1) is 33.5. The number of carbonyl (C=O) groups is 4. The smallest absolute Gasteiger partial charge is 0.431 e. The van der Waals surface area contributed by atoms with Gasteiger partial charge in [-0.2, -0.15) is 0 Å². The number of hydrogen-bond acceptors (Lipinski definition) is 10. The van der Waals surface area contributed by atoms with Crippen LogP contribution in [0.15, 0.2) is 55.1 Å². The Hall–Kier alpha value is -5.36. The maximum atomic E-state index is 13.8. The van der Waals surface area contributed by atoms with E-state index >= 15 is 0 Å². The van der Waals surface area contributed by atoms with Crippen LogP contribution in [0.1, 0.15) is 80.3 Å². The standard InChI is InChI=1S/C34H36N4O8/c1-4-22-14-27(29(40)13-20-7-9-23(10-8-20)31(35)36)26(15-24(22)17-39)25-11-12-28(32(41)37-16-21-5-6-21)38-30(25)33(42)44-18-45-34(43)46-19(2)3/h4,7-12,14-15,19,21,39H,1,5-6,13,16-18H2,2-3H3,(H3,35,36)(H,37,41). The van der Waals surface area contributed by atoms with E-state index < -0.39 is 37.5 Å². The Morgan fingerprint density at radius 1 is 1.09 bits per heavy atom. The summed E-state index contributed by atoms with van der Waals surface area (Å²) in [6.45, 7) is 6.34. The first-order valence-corrected chi connectivity index (χ1v) is 14.7. The Kier molecular flexibility index (Phi) is 11.0. The molecule has 0 aliphatic heterocycles. The van der Waals surface area contributed by atoms with E-state index in [0.717, 1.165) is 12.8 Å². The van der Waals surface area contributed by atoms with Crippen LogP contribution in [-0.2, 0) is 27.2 Å². The normalized spacial score (nSPS) is 12.3. The van der Waals surface area contributed by atoms with Gasteiger partial charge in [0.15, 0.2) is 11.5 Å². The number of ether oxygens (including phenoxy) is 3.